The number of hydrogen-bond donors (Lipinski definition) is 2. The third kappa shape index (κ3) is 6.30. The van der Waals surface area contributed by atoms with E-state index in [2.05, 4.69) is 0 Å². The lowest BCUT2D eigenvalue weighted by atomic mass is 10.1. The van der Waals surface area contributed by atoms with Crippen LogP contribution in [0.1, 0.15) is 51.2 Å². The Balaban J connectivity index is 0.000000192. The van der Waals surface area contributed by atoms with E-state index >= 15 is 0 Å². The smallest absolute Gasteiger partial charge is 0.414 e. The number of carbonyl (C=O) groups is 4. The van der Waals surface area contributed by atoms with Crippen LogP contribution in [0.2, 0.25) is 0 Å². The minimum Gasteiger partial charge on any atom is -0.444 e. The van der Waals surface area contributed by atoms with Gasteiger partial charge in [-0.3, -0.25) is 19.4 Å². The highest BCUT2D eigenvalue weighted by molar-refractivity contribution is 5.97. The SMILES string of the molecule is CCC(=O)N1CCc2cc(N3C[C@H](CC)OC3=O)ccc21.CCC(=O)N1CCc2cc(N3C[C@H](CN)OC3=O)ccc21.N. The van der Waals surface area contributed by atoms with E-state index in [-0.39, 0.29) is 42.4 Å². The van der Waals surface area contributed by atoms with Crippen LogP contribution in [0.15, 0.2) is 36.4 Å². The van der Waals surface area contributed by atoms with Crippen molar-refractivity contribution in [3.8, 4) is 0 Å². The Labute approximate surface area is 252 Å². The fraction of sp³-hybridized carbons (Fsp3) is 0.484. The first-order chi connectivity index (χ1) is 20.3. The monoisotopic (exact) mass is 594 g/mol. The van der Waals surface area contributed by atoms with Crippen LogP contribution in [0.4, 0.5) is 32.3 Å². The van der Waals surface area contributed by atoms with Gasteiger partial charge >= 0.3 is 12.2 Å². The number of ether oxygens (including phenoxy) is 2. The molecule has 43 heavy (non-hydrogen) atoms. The minimum absolute atomic E-state index is 0. The lowest BCUT2D eigenvalue weighted by Gasteiger charge is -2.18. The van der Waals surface area contributed by atoms with Crippen molar-refractivity contribution in [2.45, 2.75) is 65.1 Å². The fourth-order valence-corrected chi connectivity index (χ4v) is 5.81. The molecule has 4 aliphatic heterocycles. The van der Waals surface area contributed by atoms with Crippen molar-refractivity contribution in [1.82, 2.24) is 6.15 Å². The molecule has 4 aliphatic rings. The predicted molar refractivity (Wildman–Crippen MR) is 165 cm³/mol. The molecule has 0 unspecified atom stereocenters. The Morgan fingerprint density at radius 1 is 0.767 bits per heavy atom. The van der Waals surface area contributed by atoms with E-state index < -0.39 is 0 Å². The quantitative estimate of drug-likeness (QED) is 0.504. The number of cyclic esters (lactones) is 2. The van der Waals surface area contributed by atoms with Crippen LogP contribution in [-0.4, -0.2) is 68.9 Å². The first-order valence-electron chi connectivity index (χ1n) is 14.8. The van der Waals surface area contributed by atoms with E-state index in [9.17, 15) is 19.2 Å². The summed E-state index contributed by atoms with van der Waals surface area (Å²) in [6, 6.07) is 11.6. The number of benzene rings is 2. The second-order valence-electron chi connectivity index (χ2n) is 10.8. The zero-order valence-corrected chi connectivity index (χ0v) is 25.2. The molecule has 5 N–H and O–H groups in total. The number of nitrogens with two attached hydrogens (primary N) is 1. The molecule has 2 aromatic carbocycles. The van der Waals surface area contributed by atoms with E-state index in [0.29, 0.717) is 39.0 Å². The molecule has 12 nitrogen and oxygen atoms in total. The number of anilines is 4. The van der Waals surface area contributed by atoms with Gasteiger partial charge in [0, 0.05) is 55.2 Å². The zero-order valence-electron chi connectivity index (χ0n) is 25.2. The van der Waals surface area contributed by atoms with Gasteiger partial charge in [-0.2, -0.15) is 0 Å². The highest BCUT2D eigenvalue weighted by Gasteiger charge is 2.34. The van der Waals surface area contributed by atoms with Gasteiger partial charge in [0.05, 0.1) is 13.1 Å². The molecular weight excluding hydrogens is 552 g/mol. The molecule has 2 fully saturated rings. The van der Waals surface area contributed by atoms with Crippen molar-refractivity contribution in [2.75, 3.05) is 52.3 Å². The van der Waals surface area contributed by atoms with E-state index in [1.807, 2.05) is 67.0 Å². The first kappa shape index (κ1) is 31.8. The van der Waals surface area contributed by atoms with Crippen LogP contribution in [0, 0.1) is 0 Å². The molecule has 0 radical (unpaired) electrons. The highest BCUT2D eigenvalue weighted by atomic mass is 16.6. The summed E-state index contributed by atoms with van der Waals surface area (Å²) in [5, 5.41) is 0. The number of hydrogen-bond acceptors (Lipinski definition) is 8. The van der Waals surface area contributed by atoms with Crippen molar-refractivity contribution in [1.29, 1.82) is 0 Å². The van der Waals surface area contributed by atoms with E-state index in [1.165, 1.54) is 0 Å². The number of fused-ring (bicyclic) bond motifs is 2. The largest absolute Gasteiger partial charge is 0.444 e. The highest BCUT2D eigenvalue weighted by Crippen LogP contribution is 2.35. The summed E-state index contributed by atoms with van der Waals surface area (Å²) in [5.74, 6) is 0.276. The third-order valence-corrected chi connectivity index (χ3v) is 8.21. The van der Waals surface area contributed by atoms with Gasteiger partial charge in [0.25, 0.3) is 0 Å². The Hall–Kier alpha value is -4.16. The Kier molecular flexibility index (Phi) is 9.92. The van der Waals surface area contributed by atoms with Gasteiger partial charge in [0.15, 0.2) is 0 Å². The average molecular weight is 595 g/mol. The molecule has 0 saturated carbocycles. The fourth-order valence-electron chi connectivity index (χ4n) is 5.81. The molecule has 6 rings (SSSR count). The molecule has 0 spiro atoms. The average Bonchev–Trinajstić information content (AvgIpc) is 3.80. The molecule has 0 aliphatic carbocycles. The van der Waals surface area contributed by atoms with Crippen LogP contribution < -0.4 is 31.5 Å². The first-order valence-corrected chi connectivity index (χ1v) is 14.8. The molecule has 0 aromatic heterocycles. The van der Waals surface area contributed by atoms with Crippen LogP contribution in [0.25, 0.3) is 0 Å². The molecule has 12 heteroatoms. The summed E-state index contributed by atoms with van der Waals surface area (Å²) >= 11 is 0. The second kappa shape index (κ2) is 13.4. The third-order valence-electron chi connectivity index (χ3n) is 8.21. The lowest BCUT2D eigenvalue weighted by Crippen LogP contribution is -2.28. The molecule has 232 valence electrons. The van der Waals surface area contributed by atoms with Gasteiger partial charge in [-0.25, -0.2) is 9.59 Å². The standard InChI is InChI=1S/C16H20N2O3.C15H19N3O3.H3N/c1-3-13-10-18(16(20)21-13)12-5-6-14-11(9-12)7-8-17(14)15(19)4-2;1-2-14(19)17-6-5-10-7-11(3-4-13(10)17)18-9-12(8-16)21-15(18)20;/h5-6,9,13H,3-4,7-8,10H2,1-2H3;3-4,7,12H,2,5-6,8-9,16H2,1H3;1H3/t13-;12-;/m00./s1. The van der Waals surface area contributed by atoms with Gasteiger partial charge in [0.1, 0.15) is 12.2 Å². The summed E-state index contributed by atoms with van der Waals surface area (Å²) in [7, 11) is 0. The van der Waals surface area contributed by atoms with Crippen molar-refractivity contribution < 1.29 is 28.7 Å². The van der Waals surface area contributed by atoms with Crippen LogP contribution >= 0.6 is 0 Å². The van der Waals surface area contributed by atoms with Gasteiger partial charge in [-0.1, -0.05) is 20.8 Å². The number of carbonyl (C=O) groups excluding carboxylic acids is 4. The molecule has 2 aromatic rings. The Morgan fingerprint density at radius 2 is 1.21 bits per heavy atom. The molecule has 2 saturated heterocycles. The van der Waals surface area contributed by atoms with Gasteiger partial charge in [-0.15, -0.1) is 0 Å². The number of nitrogens with zero attached hydrogens (tertiary/aromatic N) is 4. The molecule has 4 amide bonds. The van der Waals surface area contributed by atoms with Crippen molar-refractivity contribution in [2.24, 2.45) is 5.73 Å². The minimum atomic E-state index is -0.357. The van der Waals surface area contributed by atoms with E-state index in [4.69, 9.17) is 15.2 Å². The van der Waals surface area contributed by atoms with Crippen LogP contribution in [0.5, 0.6) is 0 Å². The summed E-state index contributed by atoms with van der Waals surface area (Å²) in [4.78, 5) is 54.4. The Morgan fingerprint density at radius 3 is 1.58 bits per heavy atom. The normalized spacial score (nSPS) is 20.2. The van der Waals surface area contributed by atoms with Gasteiger partial charge in [-0.05, 0) is 66.8 Å². The van der Waals surface area contributed by atoms with Gasteiger partial charge < -0.3 is 31.2 Å². The van der Waals surface area contributed by atoms with Crippen molar-refractivity contribution in [3.05, 3.63) is 47.5 Å². The molecular formula is C31H42N6O6. The zero-order chi connectivity index (χ0) is 30.0. The summed E-state index contributed by atoms with van der Waals surface area (Å²) < 4.78 is 10.5. The Bertz CT molecular complexity index is 1280. The maximum atomic E-state index is 11.9. The van der Waals surface area contributed by atoms with Crippen molar-refractivity contribution in [3.63, 3.8) is 0 Å². The maximum absolute atomic E-state index is 11.9. The van der Waals surface area contributed by atoms with Crippen molar-refractivity contribution >= 4 is 46.8 Å². The second-order valence-corrected chi connectivity index (χ2v) is 10.8. The summed E-state index contributed by atoms with van der Waals surface area (Å²) in [6.07, 6.45) is 2.59. The van der Waals surface area contributed by atoms with Crippen LogP contribution in [0.3, 0.4) is 0 Å². The molecule has 0 bridgehead atoms. The van der Waals surface area contributed by atoms with Gasteiger partial charge in [0.2, 0.25) is 11.8 Å². The predicted octanol–water partition coefficient (Wildman–Crippen LogP) is 4.15. The topological polar surface area (TPSA) is 161 Å². The number of rotatable bonds is 6. The van der Waals surface area contributed by atoms with Crippen LogP contribution in [-0.2, 0) is 31.9 Å². The molecule has 4 heterocycles. The maximum Gasteiger partial charge on any atom is 0.414 e. The van der Waals surface area contributed by atoms with E-state index in [0.717, 1.165) is 59.7 Å². The summed E-state index contributed by atoms with van der Waals surface area (Å²) in [6.45, 7) is 8.60. The van der Waals surface area contributed by atoms with E-state index in [1.54, 1.807) is 9.80 Å². The number of amides is 4. The molecule has 2 atom stereocenters. The lowest BCUT2D eigenvalue weighted by molar-refractivity contribution is -0.119. The summed E-state index contributed by atoms with van der Waals surface area (Å²) in [5.41, 5.74) is 11.4.